The minimum absolute atomic E-state index is 0.136. The molecule has 3 heteroatoms. The number of aromatic nitrogens is 2. The third-order valence-corrected chi connectivity index (χ3v) is 12.9. The predicted molar refractivity (Wildman–Crippen MR) is 237 cm³/mol. The van der Waals surface area contributed by atoms with Crippen LogP contribution in [0.3, 0.4) is 0 Å². The highest BCUT2D eigenvalue weighted by molar-refractivity contribution is 7.25. The first-order valence-electron chi connectivity index (χ1n) is 19.2. The van der Waals surface area contributed by atoms with Crippen molar-refractivity contribution in [3.63, 3.8) is 0 Å². The summed E-state index contributed by atoms with van der Waals surface area (Å²) in [5, 5.41) is 5.17. The van der Waals surface area contributed by atoms with E-state index in [9.17, 15) is 0 Å². The second-order valence-corrected chi connectivity index (χ2v) is 16.5. The van der Waals surface area contributed by atoms with Gasteiger partial charge in [0, 0.05) is 42.3 Å². The SMILES string of the molecule is CC1(C)c2cc3ccccc3cc2-c2c(-c3cc(-c4ccc(-c5ccc(-c6ccc7sc8ccccc8c7c6)cc5)cc4)nc(-c4ccccc4)n3)cccc21. The summed E-state index contributed by atoms with van der Waals surface area (Å²) >= 11 is 1.86. The Hall–Kier alpha value is -6.68. The van der Waals surface area contributed by atoms with Crippen LogP contribution in [0.25, 0.3) is 98.2 Å². The zero-order valence-electron chi connectivity index (χ0n) is 31.1. The van der Waals surface area contributed by atoms with Gasteiger partial charge in [0.1, 0.15) is 0 Å². The molecule has 0 spiro atoms. The molecular weight excluding hydrogens is 697 g/mol. The van der Waals surface area contributed by atoms with E-state index in [1.54, 1.807) is 0 Å². The van der Waals surface area contributed by atoms with Crippen LogP contribution in [-0.4, -0.2) is 9.97 Å². The molecule has 2 heterocycles. The predicted octanol–water partition coefficient (Wildman–Crippen LogP) is 14.6. The van der Waals surface area contributed by atoms with E-state index in [0.29, 0.717) is 0 Å². The lowest BCUT2D eigenvalue weighted by atomic mass is 9.81. The molecule has 11 rings (SSSR count). The van der Waals surface area contributed by atoms with Crippen molar-refractivity contribution >= 4 is 42.3 Å². The van der Waals surface area contributed by atoms with Gasteiger partial charge in [-0.3, -0.25) is 0 Å². The molecule has 0 saturated heterocycles. The number of fused-ring (bicyclic) bond motifs is 7. The van der Waals surface area contributed by atoms with E-state index >= 15 is 0 Å². The highest BCUT2D eigenvalue weighted by Gasteiger charge is 2.37. The zero-order valence-corrected chi connectivity index (χ0v) is 31.9. The van der Waals surface area contributed by atoms with Crippen molar-refractivity contribution < 1.29 is 0 Å². The molecule has 0 N–H and O–H groups in total. The molecule has 1 aliphatic rings. The van der Waals surface area contributed by atoms with Gasteiger partial charge in [-0.15, -0.1) is 11.3 Å². The van der Waals surface area contributed by atoms with Gasteiger partial charge in [-0.1, -0.05) is 159 Å². The molecular formula is C53H36N2S. The number of nitrogens with zero attached hydrogens (tertiary/aromatic N) is 2. The first-order chi connectivity index (χ1) is 27.5. The van der Waals surface area contributed by atoms with Gasteiger partial charge in [-0.05, 0) is 91.7 Å². The maximum Gasteiger partial charge on any atom is 0.160 e. The molecule has 0 fully saturated rings. The van der Waals surface area contributed by atoms with Gasteiger partial charge >= 0.3 is 0 Å². The Morgan fingerprint density at radius 1 is 0.393 bits per heavy atom. The lowest BCUT2D eigenvalue weighted by Crippen LogP contribution is -2.14. The van der Waals surface area contributed by atoms with Crippen LogP contribution in [0, 0.1) is 0 Å². The second-order valence-electron chi connectivity index (χ2n) is 15.4. The molecule has 2 nitrogen and oxygen atoms in total. The van der Waals surface area contributed by atoms with Crippen LogP contribution in [0.2, 0.25) is 0 Å². The molecule has 0 saturated carbocycles. The summed E-state index contributed by atoms with van der Waals surface area (Å²) in [5.74, 6) is 0.722. The third-order valence-electron chi connectivity index (χ3n) is 11.7. The molecule has 0 atom stereocenters. The zero-order chi connectivity index (χ0) is 37.4. The summed E-state index contributed by atoms with van der Waals surface area (Å²) in [7, 11) is 0. The van der Waals surface area contributed by atoms with Crippen molar-refractivity contribution in [1.29, 1.82) is 0 Å². The fraction of sp³-hybridized carbons (Fsp3) is 0.0566. The van der Waals surface area contributed by atoms with Gasteiger partial charge < -0.3 is 0 Å². The molecule has 0 radical (unpaired) electrons. The van der Waals surface area contributed by atoms with E-state index in [4.69, 9.17) is 9.97 Å². The molecule has 10 aromatic rings. The van der Waals surface area contributed by atoms with Gasteiger partial charge in [0.15, 0.2) is 5.82 Å². The van der Waals surface area contributed by atoms with Crippen LogP contribution >= 0.6 is 11.3 Å². The molecule has 8 aromatic carbocycles. The van der Waals surface area contributed by atoms with Crippen molar-refractivity contribution in [2.45, 2.75) is 19.3 Å². The lowest BCUT2D eigenvalue weighted by molar-refractivity contribution is 0.661. The maximum absolute atomic E-state index is 5.28. The highest BCUT2D eigenvalue weighted by Crippen LogP contribution is 2.53. The van der Waals surface area contributed by atoms with E-state index in [0.717, 1.165) is 33.9 Å². The Kier molecular flexibility index (Phi) is 7.42. The van der Waals surface area contributed by atoms with Gasteiger partial charge in [-0.25, -0.2) is 9.97 Å². The fourth-order valence-corrected chi connectivity index (χ4v) is 9.82. The molecule has 0 amide bonds. The van der Waals surface area contributed by atoms with E-state index in [1.807, 2.05) is 17.4 Å². The van der Waals surface area contributed by atoms with Crippen LogP contribution in [0.5, 0.6) is 0 Å². The number of benzene rings is 8. The van der Waals surface area contributed by atoms with Crippen LogP contribution < -0.4 is 0 Å². The fourth-order valence-electron chi connectivity index (χ4n) is 8.73. The second kappa shape index (κ2) is 12.7. The highest BCUT2D eigenvalue weighted by atomic mass is 32.1. The molecule has 0 aliphatic heterocycles. The lowest BCUT2D eigenvalue weighted by Gasteiger charge is -2.22. The summed E-state index contributed by atoms with van der Waals surface area (Å²) in [6.45, 7) is 4.69. The summed E-state index contributed by atoms with van der Waals surface area (Å²) < 4.78 is 2.66. The van der Waals surface area contributed by atoms with Crippen LogP contribution in [0.4, 0.5) is 0 Å². The summed E-state index contributed by atoms with van der Waals surface area (Å²) in [5.41, 5.74) is 14.9. The Labute approximate surface area is 330 Å². The first kappa shape index (κ1) is 32.7. The number of rotatable bonds is 5. The van der Waals surface area contributed by atoms with Gasteiger partial charge in [0.05, 0.1) is 11.4 Å². The first-order valence-corrected chi connectivity index (χ1v) is 20.0. The Balaban J connectivity index is 0.972. The van der Waals surface area contributed by atoms with Crippen molar-refractivity contribution in [2.75, 3.05) is 0 Å². The minimum atomic E-state index is -0.136. The van der Waals surface area contributed by atoms with Crippen LogP contribution in [0.15, 0.2) is 182 Å². The number of hydrogen-bond acceptors (Lipinski definition) is 3. The molecule has 2 aromatic heterocycles. The number of hydrogen-bond donors (Lipinski definition) is 0. The standard InChI is InChI=1S/C53H36N2S/c1-53(2)45-17-10-16-42(51(45)44-30-38-13-6-7-14-39(38)31-46(44)53)48-32-47(54-52(55-48)37-11-4-3-5-12-37)36-25-23-34(24-26-36)33-19-21-35(22-20-33)40-27-28-50-43(29-40)41-15-8-9-18-49(41)56-50/h3-32H,1-2H3. The summed E-state index contributed by atoms with van der Waals surface area (Å²) in [6.07, 6.45) is 0. The van der Waals surface area contributed by atoms with Crippen molar-refractivity contribution in [3.05, 3.63) is 193 Å². The molecule has 0 unspecified atom stereocenters. The minimum Gasteiger partial charge on any atom is -0.228 e. The van der Waals surface area contributed by atoms with Crippen LogP contribution in [0.1, 0.15) is 25.0 Å². The van der Waals surface area contributed by atoms with Gasteiger partial charge in [-0.2, -0.15) is 0 Å². The Morgan fingerprint density at radius 3 is 1.77 bits per heavy atom. The Morgan fingerprint density at radius 2 is 1.00 bits per heavy atom. The van der Waals surface area contributed by atoms with Crippen LogP contribution in [-0.2, 0) is 5.41 Å². The maximum atomic E-state index is 5.28. The number of thiophene rings is 1. The monoisotopic (exact) mass is 732 g/mol. The van der Waals surface area contributed by atoms with Gasteiger partial charge in [0.25, 0.3) is 0 Å². The molecule has 264 valence electrons. The molecule has 56 heavy (non-hydrogen) atoms. The van der Waals surface area contributed by atoms with Gasteiger partial charge in [0.2, 0.25) is 0 Å². The van der Waals surface area contributed by atoms with E-state index in [1.165, 1.54) is 75.5 Å². The quantitative estimate of drug-likeness (QED) is 0.176. The summed E-state index contributed by atoms with van der Waals surface area (Å²) in [6, 6.07) is 65.9. The van der Waals surface area contributed by atoms with E-state index in [-0.39, 0.29) is 5.41 Å². The average molecular weight is 733 g/mol. The van der Waals surface area contributed by atoms with Crippen molar-refractivity contribution in [2.24, 2.45) is 0 Å². The molecule has 0 bridgehead atoms. The summed E-state index contributed by atoms with van der Waals surface area (Å²) in [4.78, 5) is 10.5. The third kappa shape index (κ3) is 5.31. The van der Waals surface area contributed by atoms with E-state index < -0.39 is 0 Å². The van der Waals surface area contributed by atoms with E-state index in [2.05, 4.69) is 190 Å². The average Bonchev–Trinajstić information content (AvgIpc) is 3.74. The topological polar surface area (TPSA) is 25.8 Å². The normalized spacial score (nSPS) is 13.0. The van der Waals surface area contributed by atoms with Crippen molar-refractivity contribution in [3.8, 4) is 67.3 Å². The largest absolute Gasteiger partial charge is 0.228 e. The van der Waals surface area contributed by atoms with Crippen molar-refractivity contribution in [1.82, 2.24) is 9.97 Å². The Bertz CT molecular complexity index is 3140. The molecule has 1 aliphatic carbocycles. The smallest absolute Gasteiger partial charge is 0.160 e.